The number of hydrogen-bond acceptors (Lipinski definition) is 4. The summed E-state index contributed by atoms with van der Waals surface area (Å²) in [6, 6.07) is 14.3. The molecule has 0 aromatic heterocycles. The predicted molar refractivity (Wildman–Crippen MR) is 108 cm³/mol. The van der Waals surface area contributed by atoms with Crippen molar-refractivity contribution in [2.45, 2.75) is 25.9 Å². The van der Waals surface area contributed by atoms with Gasteiger partial charge in [-0.15, -0.1) is 0 Å². The second-order valence-electron chi connectivity index (χ2n) is 6.13. The molecule has 0 heterocycles. The average molecular weight is 372 g/mol. The number of rotatable bonds is 8. The highest BCUT2D eigenvalue weighted by Crippen LogP contribution is 2.13. The van der Waals surface area contributed by atoms with E-state index >= 15 is 0 Å². The van der Waals surface area contributed by atoms with Crippen LogP contribution in [0.15, 0.2) is 48.5 Å². The van der Waals surface area contributed by atoms with Gasteiger partial charge in [-0.1, -0.05) is 29.8 Å². The maximum absolute atomic E-state index is 12.3. The minimum Gasteiger partial charge on any atom is -0.351 e. The molecule has 0 unspecified atom stereocenters. The molecule has 0 radical (unpaired) electrons. The van der Waals surface area contributed by atoms with E-state index in [2.05, 4.69) is 10.6 Å². The van der Waals surface area contributed by atoms with Crippen molar-refractivity contribution in [3.8, 4) is 0 Å². The zero-order valence-corrected chi connectivity index (χ0v) is 15.9. The third kappa shape index (κ3) is 6.20. The molecule has 5 nitrogen and oxygen atoms in total. The predicted octanol–water partition coefficient (Wildman–Crippen LogP) is 2.94. The first-order valence-corrected chi connectivity index (χ1v) is 9.88. The molecule has 0 spiro atoms. The summed E-state index contributed by atoms with van der Waals surface area (Å²) in [6.07, 6.45) is 2.64. The van der Waals surface area contributed by atoms with Crippen LogP contribution < -0.4 is 16.4 Å². The lowest BCUT2D eigenvalue weighted by atomic mass is 10.1. The Morgan fingerprint density at radius 1 is 1.15 bits per heavy atom. The summed E-state index contributed by atoms with van der Waals surface area (Å²) < 4.78 is 0. The van der Waals surface area contributed by atoms with Gasteiger partial charge in [-0.05, 0) is 55.2 Å². The molecule has 2 amide bonds. The van der Waals surface area contributed by atoms with Gasteiger partial charge in [0.2, 0.25) is 5.91 Å². The van der Waals surface area contributed by atoms with Crippen molar-refractivity contribution in [2.24, 2.45) is 5.73 Å². The van der Waals surface area contributed by atoms with E-state index in [0.717, 1.165) is 16.9 Å². The van der Waals surface area contributed by atoms with Gasteiger partial charge in [0.25, 0.3) is 5.91 Å². The molecule has 0 aliphatic rings. The molecular weight excluding hydrogens is 346 g/mol. The second kappa shape index (κ2) is 9.99. The number of benzene rings is 2. The number of carbonyl (C=O) groups is 2. The smallest absolute Gasteiger partial charge is 0.255 e. The quantitative estimate of drug-likeness (QED) is 0.666. The SMILES string of the molecule is CSCC[C@H](N)C(=O)NCc1cccc(NC(=O)c2ccc(C)cc2)c1. The summed E-state index contributed by atoms with van der Waals surface area (Å²) in [5, 5.41) is 5.72. The molecule has 0 aliphatic carbocycles. The van der Waals surface area contributed by atoms with Crippen molar-refractivity contribution >= 4 is 29.3 Å². The number of anilines is 1. The van der Waals surface area contributed by atoms with E-state index in [4.69, 9.17) is 5.73 Å². The van der Waals surface area contributed by atoms with Crippen molar-refractivity contribution in [3.05, 3.63) is 65.2 Å². The fourth-order valence-corrected chi connectivity index (χ4v) is 2.85. The van der Waals surface area contributed by atoms with Crippen LogP contribution in [0.3, 0.4) is 0 Å². The Morgan fingerprint density at radius 2 is 1.88 bits per heavy atom. The first-order chi connectivity index (χ1) is 12.5. The Morgan fingerprint density at radius 3 is 2.58 bits per heavy atom. The van der Waals surface area contributed by atoms with E-state index in [1.807, 2.05) is 49.6 Å². The Kier molecular flexibility index (Phi) is 7.69. The number of thioether (sulfide) groups is 1. The summed E-state index contributed by atoms with van der Waals surface area (Å²) in [4.78, 5) is 24.3. The fourth-order valence-electron chi connectivity index (χ4n) is 2.36. The summed E-state index contributed by atoms with van der Waals surface area (Å²) in [7, 11) is 0. The normalized spacial score (nSPS) is 11.7. The van der Waals surface area contributed by atoms with Crippen molar-refractivity contribution in [1.82, 2.24) is 5.32 Å². The highest BCUT2D eigenvalue weighted by atomic mass is 32.2. The third-order valence-electron chi connectivity index (χ3n) is 3.94. The topological polar surface area (TPSA) is 84.2 Å². The Bertz CT molecular complexity index is 747. The molecule has 1 atom stereocenters. The number of carbonyl (C=O) groups excluding carboxylic acids is 2. The maximum Gasteiger partial charge on any atom is 0.255 e. The molecule has 0 bridgehead atoms. The van der Waals surface area contributed by atoms with Crippen LogP contribution >= 0.6 is 11.8 Å². The number of nitrogens with two attached hydrogens (primary N) is 1. The molecule has 2 rings (SSSR count). The first-order valence-electron chi connectivity index (χ1n) is 8.49. The van der Waals surface area contributed by atoms with Crippen LogP contribution in [0.5, 0.6) is 0 Å². The average Bonchev–Trinajstić information content (AvgIpc) is 2.65. The zero-order valence-electron chi connectivity index (χ0n) is 15.1. The Balaban J connectivity index is 1.92. The van der Waals surface area contributed by atoms with Crippen LogP contribution in [0.2, 0.25) is 0 Å². The number of aryl methyl sites for hydroxylation is 1. The van der Waals surface area contributed by atoms with Crippen molar-refractivity contribution in [2.75, 3.05) is 17.3 Å². The van der Waals surface area contributed by atoms with Crippen LogP contribution in [0.4, 0.5) is 5.69 Å². The van der Waals surface area contributed by atoms with E-state index in [1.165, 1.54) is 0 Å². The van der Waals surface area contributed by atoms with Gasteiger partial charge in [-0.2, -0.15) is 11.8 Å². The van der Waals surface area contributed by atoms with E-state index in [1.54, 1.807) is 23.9 Å². The van der Waals surface area contributed by atoms with Crippen molar-refractivity contribution < 1.29 is 9.59 Å². The molecule has 2 aromatic carbocycles. The lowest BCUT2D eigenvalue weighted by Gasteiger charge is -2.12. The Labute approximate surface area is 158 Å². The number of nitrogens with one attached hydrogen (secondary N) is 2. The van der Waals surface area contributed by atoms with Crippen molar-refractivity contribution in [1.29, 1.82) is 0 Å². The van der Waals surface area contributed by atoms with Crippen LogP contribution in [-0.2, 0) is 11.3 Å². The number of hydrogen-bond donors (Lipinski definition) is 3. The van der Waals surface area contributed by atoms with Crippen LogP contribution in [0.25, 0.3) is 0 Å². The molecule has 0 fully saturated rings. The minimum atomic E-state index is -0.494. The van der Waals surface area contributed by atoms with Gasteiger partial charge in [0, 0.05) is 17.8 Å². The maximum atomic E-state index is 12.3. The van der Waals surface area contributed by atoms with Gasteiger partial charge in [0.1, 0.15) is 0 Å². The molecule has 2 aromatic rings. The molecule has 26 heavy (non-hydrogen) atoms. The highest BCUT2D eigenvalue weighted by Gasteiger charge is 2.12. The molecule has 0 saturated heterocycles. The van der Waals surface area contributed by atoms with Gasteiger partial charge in [-0.3, -0.25) is 9.59 Å². The largest absolute Gasteiger partial charge is 0.351 e. The first kappa shape index (κ1) is 20.0. The van der Waals surface area contributed by atoms with Gasteiger partial charge in [-0.25, -0.2) is 0 Å². The summed E-state index contributed by atoms with van der Waals surface area (Å²) in [5.74, 6) is 0.535. The van der Waals surface area contributed by atoms with Gasteiger partial charge in [0.15, 0.2) is 0 Å². The van der Waals surface area contributed by atoms with Gasteiger partial charge >= 0.3 is 0 Å². The number of amides is 2. The minimum absolute atomic E-state index is 0.159. The monoisotopic (exact) mass is 371 g/mol. The Hall–Kier alpha value is -2.31. The molecule has 0 saturated carbocycles. The summed E-state index contributed by atoms with van der Waals surface area (Å²) in [6.45, 7) is 2.35. The zero-order chi connectivity index (χ0) is 18.9. The van der Waals surface area contributed by atoms with Crippen LogP contribution in [0.1, 0.15) is 27.9 Å². The fraction of sp³-hybridized carbons (Fsp3) is 0.300. The van der Waals surface area contributed by atoms with Crippen LogP contribution in [0, 0.1) is 6.92 Å². The van der Waals surface area contributed by atoms with Gasteiger partial charge < -0.3 is 16.4 Å². The van der Waals surface area contributed by atoms with Crippen molar-refractivity contribution in [3.63, 3.8) is 0 Å². The second-order valence-corrected chi connectivity index (χ2v) is 7.11. The molecule has 0 aliphatic heterocycles. The van der Waals surface area contributed by atoms with E-state index in [9.17, 15) is 9.59 Å². The summed E-state index contributed by atoms with van der Waals surface area (Å²) in [5.41, 5.74) is 9.16. The molecule has 6 heteroatoms. The van der Waals surface area contributed by atoms with Crippen LogP contribution in [-0.4, -0.2) is 29.9 Å². The lowest BCUT2D eigenvalue weighted by molar-refractivity contribution is -0.122. The molecule has 138 valence electrons. The van der Waals surface area contributed by atoms with E-state index < -0.39 is 6.04 Å². The summed E-state index contributed by atoms with van der Waals surface area (Å²) >= 11 is 1.67. The highest BCUT2D eigenvalue weighted by molar-refractivity contribution is 7.98. The van der Waals surface area contributed by atoms with E-state index in [0.29, 0.717) is 24.2 Å². The van der Waals surface area contributed by atoms with Gasteiger partial charge in [0.05, 0.1) is 6.04 Å². The molecule has 4 N–H and O–H groups in total. The standard InChI is InChI=1S/C20H25N3O2S/c1-14-6-8-16(9-7-14)19(24)23-17-5-3-4-15(12-17)13-22-20(25)18(21)10-11-26-2/h3-9,12,18H,10-11,13,21H2,1-2H3,(H,22,25)(H,23,24)/t18-/m0/s1. The molecular formula is C20H25N3O2S. The lowest BCUT2D eigenvalue weighted by Crippen LogP contribution is -2.40. The third-order valence-corrected chi connectivity index (χ3v) is 4.58. The van der Waals surface area contributed by atoms with E-state index in [-0.39, 0.29) is 11.8 Å².